The molecular formula is C12H23N3O4. The van der Waals surface area contributed by atoms with Crippen molar-refractivity contribution in [2.45, 2.75) is 33.7 Å². The van der Waals surface area contributed by atoms with Crippen LogP contribution in [0, 0.1) is 5.41 Å². The summed E-state index contributed by atoms with van der Waals surface area (Å²) < 4.78 is 0. The molecule has 0 aromatic heterocycles. The molecule has 0 spiro atoms. The van der Waals surface area contributed by atoms with Gasteiger partial charge < -0.3 is 20.6 Å². The number of carboxylic acid groups (broad SMARTS) is 1. The molecule has 110 valence electrons. The van der Waals surface area contributed by atoms with Gasteiger partial charge in [0.1, 0.15) is 6.54 Å². The minimum Gasteiger partial charge on any atom is -0.480 e. The number of hydrogen-bond donors (Lipinski definition) is 3. The summed E-state index contributed by atoms with van der Waals surface area (Å²) >= 11 is 0. The van der Waals surface area contributed by atoms with Gasteiger partial charge in [-0.2, -0.15) is 0 Å². The van der Waals surface area contributed by atoms with Gasteiger partial charge in [0, 0.05) is 19.6 Å². The van der Waals surface area contributed by atoms with Crippen molar-refractivity contribution in [2.75, 3.05) is 20.1 Å². The predicted octanol–water partition coefficient (Wildman–Crippen LogP) is 0.263. The molecule has 7 heteroatoms. The van der Waals surface area contributed by atoms with E-state index in [1.807, 2.05) is 0 Å². The molecule has 3 amide bonds. The first-order valence-electron chi connectivity index (χ1n) is 6.10. The van der Waals surface area contributed by atoms with Crippen LogP contribution in [-0.2, 0) is 9.59 Å². The third kappa shape index (κ3) is 5.58. The monoisotopic (exact) mass is 273 g/mol. The molecule has 0 aromatic carbocycles. The quantitative estimate of drug-likeness (QED) is 0.646. The summed E-state index contributed by atoms with van der Waals surface area (Å²) in [5.74, 6) is -1.27. The number of nitrogens with zero attached hydrogens (tertiary/aromatic N) is 1. The Labute approximate surface area is 113 Å². The van der Waals surface area contributed by atoms with E-state index in [1.54, 1.807) is 27.7 Å². The largest absolute Gasteiger partial charge is 0.480 e. The van der Waals surface area contributed by atoms with E-state index in [2.05, 4.69) is 10.6 Å². The zero-order valence-corrected chi connectivity index (χ0v) is 12.1. The lowest BCUT2D eigenvalue weighted by atomic mass is 9.92. The third-order valence-electron chi connectivity index (χ3n) is 2.71. The molecule has 0 unspecified atom stereocenters. The Morgan fingerprint density at radius 2 is 1.79 bits per heavy atom. The Kier molecular flexibility index (Phi) is 6.31. The average Bonchev–Trinajstić information content (AvgIpc) is 2.31. The molecular weight excluding hydrogens is 250 g/mol. The Morgan fingerprint density at radius 1 is 1.26 bits per heavy atom. The Bertz CT molecular complexity index is 353. The van der Waals surface area contributed by atoms with Crippen LogP contribution in [0.3, 0.4) is 0 Å². The number of rotatable bonds is 6. The minimum absolute atomic E-state index is 0.133. The van der Waals surface area contributed by atoms with Gasteiger partial charge in [-0.25, -0.2) is 4.79 Å². The number of nitrogens with one attached hydrogen (secondary N) is 2. The summed E-state index contributed by atoms with van der Waals surface area (Å²) in [5, 5.41) is 13.9. The van der Waals surface area contributed by atoms with Gasteiger partial charge in [0.25, 0.3) is 0 Å². The summed E-state index contributed by atoms with van der Waals surface area (Å²) in [4.78, 5) is 35.3. The highest BCUT2D eigenvalue weighted by Crippen LogP contribution is 2.13. The number of carbonyl (C=O) groups is 3. The summed E-state index contributed by atoms with van der Waals surface area (Å²) in [6.07, 6.45) is 0. The van der Waals surface area contributed by atoms with Crippen LogP contribution in [0.2, 0.25) is 0 Å². The fraction of sp³-hybridized carbons (Fsp3) is 0.750. The first kappa shape index (κ1) is 17.2. The molecule has 0 aromatic rings. The van der Waals surface area contributed by atoms with Gasteiger partial charge in [-0.15, -0.1) is 0 Å². The van der Waals surface area contributed by atoms with Crippen LogP contribution in [0.25, 0.3) is 0 Å². The first-order valence-corrected chi connectivity index (χ1v) is 6.10. The number of aliphatic carboxylic acids is 1. The smallest absolute Gasteiger partial charge is 0.323 e. The standard InChI is InChI=1S/C12H23N3O4/c1-8(2)15(6-9(16)17)11(19)14-7-12(3,4)10(18)13-5/h8H,6-7H2,1-5H3,(H,13,18)(H,14,19)(H,16,17). The molecule has 0 fully saturated rings. The lowest BCUT2D eigenvalue weighted by molar-refractivity contribution is -0.138. The van der Waals surface area contributed by atoms with Crippen molar-refractivity contribution in [1.82, 2.24) is 15.5 Å². The molecule has 0 bridgehead atoms. The molecule has 0 radical (unpaired) electrons. The summed E-state index contributed by atoms with van der Waals surface area (Å²) in [7, 11) is 1.52. The van der Waals surface area contributed by atoms with Crippen molar-refractivity contribution in [3.05, 3.63) is 0 Å². The van der Waals surface area contributed by atoms with Crippen molar-refractivity contribution < 1.29 is 19.5 Å². The topological polar surface area (TPSA) is 98.7 Å². The minimum atomic E-state index is -1.07. The van der Waals surface area contributed by atoms with Gasteiger partial charge in [0.05, 0.1) is 5.41 Å². The van der Waals surface area contributed by atoms with Crippen LogP contribution in [0.15, 0.2) is 0 Å². The highest BCUT2D eigenvalue weighted by molar-refractivity contribution is 5.84. The predicted molar refractivity (Wildman–Crippen MR) is 70.7 cm³/mol. The number of carboxylic acids is 1. The molecule has 0 heterocycles. The summed E-state index contributed by atoms with van der Waals surface area (Å²) in [6, 6.07) is -0.728. The molecule has 7 nitrogen and oxygen atoms in total. The van der Waals surface area contributed by atoms with Crippen molar-refractivity contribution in [3.63, 3.8) is 0 Å². The van der Waals surface area contributed by atoms with Crippen LogP contribution in [-0.4, -0.2) is 54.1 Å². The van der Waals surface area contributed by atoms with E-state index in [-0.39, 0.29) is 25.0 Å². The van der Waals surface area contributed by atoms with E-state index in [1.165, 1.54) is 11.9 Å². The van der Waals surface area contributed by atoms with E-state index in [0.717, 1.165) is 0 Å². The van der Waals surface area contributed by atoms with Gasteiger partial charge in [0.2, 0.25) is 5.91 Å². The SMILES string of the molecule is CNC(=O)C(C)(C)CNC(=O)N(CC(=O)O)C(C)C. The Morgan fingerprint density at radius 3 is 2.16 bits per heavy atom. The van der Waals surface area contributed by atoms with Crippen LogP contribution >= 0.6 is 0 Å². The number of urea groups is 1. The molecule has 0 atom stereocenters. The van der Waals surface area contributed by atoms with Crippen LogP contribution < -0.4 is 10.6 Å². The molecule has 19 heavy (non-hydrogen) atoms. The van der Waals surface area contributed by atoms with Crippen molar-refractivity contribution in [2.24, 2.45) is 5.41 Å². The van der Waals surface area contributed by atoms with Crippen LogP contribution in [0.1, 0.15) is 27.7 Å². The van der Waals surface area contributed by atoms with Gasteiger partial charge >= 0.3 is 12.0 Å². The fourth-order valence-electron chi connectivity index (χ4n) is 1.45. The second-order valence-electron chi connectivity index (χ2n) is 5.24. The van der Waals surface area contributed by atoms with E-state index in [9.17, 15) is 14.4 Å². The molecule has 0 aliphatic carbocycles. The summed E-state index contributed by atoms with van der Waals surface area (Å²) in [6.45, 7) is 6.61. The van der Waals surface area contributed by atoms with E-state index >= 15 is 0 Å². The van der Waals surface area contributed by atoms with Gasteiger partial charge in [-0.05, 0) is 27.7 Å². The second kappa shape index (κ2) is 6.96. The van der Waals surface area contributed by atoms with Crippen molar-refractivity contribution in [1.29, 1.82) is 0 Å². The van der Waals surface area contributed by atoms with E-state index < -0.39 is 17.4 Å². The first-order chi connectivity index (χ1) is 8.61. The lowest BCUT2D eigenvalue weighted by Crippen LogP contribution is -2.50. The van der Waals surface area contributed by atoms with Crippen LogP contribution in [0.4, 0.5) is 4.79 Å². The van der Waals surface area contributed by atoms with Crippen molar-refractivity contribution in [3.8, 4) is 0 Å². The molecule has 3 N–H and O–H groups in total. The number of hydrogen-bond acceptors (Lipinski definition) is 3. The Hall–Kier alpha value is -1.79. The van der Waals surface area contributed by atoms with Gasteiger partial charge in [-0.3, -0.25) is 9.59 Å². The maximum atomic E-state index is 11.9. The number of carbonyl (C=O) groups excluding carboxylic acids is 2. The molecule has 0 aliphatic rings. The number of amides is 3. The van der Waals surface area contributed by atoms with Crippen molar-refractivity contribution >= 4 is 17.9 Å². The normalized spacial score (nSPS) is 11.1. The highest BCUT2D eigenvalue weighted by atomic mass is 16.4. The second-order valence-corrected chi connectivity index (χ2v) is 5.24. The Balaban J connectivity index is 4.58. The third-order valence-corrected chi connectivity index (χ3v) is 2.71. The molecule has 0 aliphatic heterocycles. The highest BCUT2D eigenvalue weighted by Gasteiger charge is 2.28. The molecule has 0 rings (SSSR count). The van der Waals surface area contributed by atoms with Gasteiger partial charge in [-0.1, -0.05) is 0 Å². The molecule has 0 saturated carbocycles. The fourth-order valence-corrected chi connectivity index (χ4v) is 1.45. The maximum absolute atomic E-state index is 11.9. The zero-order chi connectivity index (χ0) is 15.2. The zero-order valence-electron chi connectivity index (χ0n) is 12.1. The van der Waals surface area contributed by atoms with E-state index in [0.29, 0.717) is 0 Å². The van der Waals surface area contributed by atoms with E-state index in [4.69, 9.17) is 5.11 Å². The molecule has 0 saturated heterocycles. The van der Waals surface area contributed by atoms with Crippen LogP contribution in [0.5, 0.6) is 0 Å². The average molecular weight is 273 g/mol. The maximum Gasteiger partial charge on any atom is 0.323 e. The lowest BCUT2D eigenvalue weighted by Gasteiger charge is -2.28. The summed E-state index contributed by atoms with van der Waals surface area (Å²) in [5.41, 5.74) is -0.754. The van der Waals surface area contributed by atoms with Gasteiger partial charge in [0.15, 0.2) is 0 Å².